The number of aromatic nitrogens is 2. The van der Waals surface area contributed by atoms with E-state index >= 15 is 0 Å². The fourth-order valence-electron chi connectivity index (χ4n) is 1.92. The number of hydrogen-bond acceptors (Lipinski definition) is 5. The smallest absolute Gasteiger partial charge is 0.328 e. The zero-order valence-electron chi connectivity index (χ0n) is 12.1. The summed E-state index contributed by atoms with van der Waals surface area (Å²) in [6, 6.07) is 3.76. The largest absolute Gasteiger partial charge is 0.464 e. The molecule has 2 aromatic rings. The molecule has 3 N–H and O–H groups in total. The topological polar surface area (TPSA) is 104 Å². The van der Waals surface area contributed by atoms with Crippen molar-refractivity contribution < 1.29 is 14.3 Å². The Bertz CT molecular complexity index is 840. The summed E-state index contributed by atoms with van der Waals surface area (Å²) in [5.74, 6) is -0.949. The minimum atomic E-state index is -0.763. The summed E-state index contributed by atoms with van der Waals surface area (Å²) in [4.78, 5) is 40.6. The Kier molecular flexibility index (Phi) is 4.71. The molecule has 0 radical (unpaired) electrons. The zero-order chi connectivity index (χ0) is 16.3. The van der Waals surface area contributed by atoms with Crippen LogP contribution < -0.4 is 10.9 Å². The third-order valence-electron chi connectivity index (χ3n) is 2.99. The molecule has 0 bridgehead atoms. The van der Waals surface area contributed by atoms with Crippen LogP contribution in [0, 0.1) is 4.77 Å². The van der Waals surface area contributed by atoms with E-state index in [4.69, 9.17) is 17.0 Å². The van der Waals surface area contributed by atoms with Gasteiger partial charge in [0.2, 0.25) is 0 Å². The molecule has 0 saturated heterocycles. The lowest BCUT2D eigenvalue weighted by Gasteiger charge is -2.12. The predicted octanol–water partition coefficient (Wildman–Crippen LogP) is 1.27. The number of carbonyl (C=O) groups is 2. The van der Waals surface area contributed by atoms with Crippen LogP contribution in [0.5, 0.6) is 0 Å². The molecule has 0 aliphatic carbocycles. The number of esters is 1. The number of nitrogens with one attached hydrogen (secondary N) is 3. The molecule has 1 heterocycles. The van der Waals surface area contributed by atoms with Gasteiger partial charge in [0, 0.05) is 5.56 Å². The van der Waals surface area contributed by atoms with Gasteiger partial charge in [-0.25, -0.2) is 4.79 Å². The highest BCUT2D eigenvalue weighted by atomic mass is 32.1. The second-order valence-electron chi connectivity index (χ2n) is 4.62. The van der Waals surface area contributed by atoms with Crippen LogP contribution in [0.2, 0.25) is 0 Å². The van der Waals surface area contributed by atoms with Gasteiger partial charge in [0.05, 0.1) is 17.5 Å². The third kappa shape index (κ3) is 3.40. The first kappa shape index (κ1) is 15.9. The molecule has 0 saturated carbocycles. The van der Waals surface area contributed by atoms with Crippen LogP contribution in [0.3, 0.4) is 0 Å². The van der Waals surface area contributed by atoms with Gasteiger partial charge in [-0.05, 0) is 44.3 Å². The van der Waals surface area contributed by atoms with Crippen LogP contribution in [0.1, 0.15) is 24.2 Å². The van der Waals surface area contributed by atoms with Crippen molar-refractivity contribution in [1.82, 2.24) is 15.3 Å². The number of hydrogen-bond donors (Lipinski definition) is 3. The molecule has 1 unspecified atom stereocenters. The van der Waals surface area contributed by atoms with Crippen molar-refractivity contribution in [3.8, 4) is 0 Å². The maximum atomic E-state index is 12.1. The van der Waals surface area contributed by atoms with Gasteiger partial charge in [0.1, 0.15) is 6.04 Å². The Labute approximate surface area is 130 Å². The van der Waals surface area contributed by atoms with Gasteiger partial charge in [-0.2, -0.15) is 0 Å². The molecule has 2 rings (SSSR count). The number of rotatable bonds is 4. The van der Waals surface area contributed by atoms with Gasteiger partial charge in [-0.3, -0.25) is 14.6 Å². The van der Waals surface area contributed by atoms with Crippen LogP contribution in [0.25, 0.3) is 10.9 Å². The average molecular weight is 321 g/mol. The van der Waals surface area contributed by atoms with E-state index < -0.39 is 17.9 Å². The number of fused-ring (bicyclic) bond motifs is 1. The van der Waals surface area contributed by atoms with Gasteiger partial charge in [0.25, 0.3) is 11.5 Å². The van der Waals surface area contributed by atoms with Crippen LogP contribution in [0.4, 0.5) is 0 Å². The van der Waals surface area contributed by atoms with Crippen LogP contribution in [0.15, 0.2) is 23.0 Å². The zero-order valence-corrected chi connectivity index (χ0v) is 12.9. The van der Waals surface area contributed by atoms with Gasteiger partial charge in [-0.15, -0.1) is 0 Å². The molecule has 1 atom stereocenters. The second-order valence-corrected chi connectivity index (χ2v) is 5.02. The summed E-state index contributed by atoms with van der Waals surface area (Å²) in [7, 11) is 0. The van der Waals surface area contributed by atoms with E-state index in [0.717, 1.165) is 0 Å². The Morgan fingerprint density at radius 1 is 1.36 bits per heavy atom. The molecule has 116 valence electrons. The summed E-state index contributed by atoms with van der Waals surface area (Å²) < 4.78 is 5.00. The summed E-state index contributed by atoms with van der Waals surface area (Å²) in [5.41, 5.74) is 0.427. The lowest BCUT2D eigenvalue weighted by Crippen LogP contribution is -2.39. The minimum Gasteiger partial charge on any atom is -0.464 e. The molecular weight excluding hydrogens is 306 g/mol. The molecule has 0 aliphatic rings. The van der Waals surface area contributed by atoms with E-state index in [1.807, 2.05) is 0 Å². The Hall–Kier alpha value is -2.48. The van der Waals surface area contributed by atoms with Crippen molar-refractivity contribution in [2.24, 2.45) is 0 Å². The van der Waals surface area contributed by atoms with Crippen LogP contribution >= 0.6 is 12.2 Å². The molecule has 1 amide bonds. The van der Waals surface area contributed by atoms with Crippen molar-refractivity contribution in [3.05, 3.63) is 38.9 Å². The van der Waals surface area contributed by atoms with Crippen molar-refractivity contribution in [3.63, 3.8) is 0 Å². The molecule has 1 aromatic heterocycles. The molecular formula is C14H15N3O4S. The lowest BCUT2D eigenvalue weighted by molar-refractivity contribution is -0.144. The maximum absolute atomic E-state index is 12.1. The standard InChI is InChI=1S/C14H15N3O4S/c1-3-21-13(20)7(2)15-11(18)8-4-5-9-10(6-8)16-14(22)17-12(9)19/h4-7H,3H2,1-2H3,(H,15,18)(H2,16,17,19,22). The first-order valence-electron chi connectivity index (χ1n) is 6.66. The average Bonchev–Trinajstić information content (AvgIpc) is 2.46. The van der Waals surface area contributed by atoms with Crippen molar-refractivity contribution in [2.45, 2.75) is 19.9 Å². The van der Waals surface area contributed by atoms with E-state index in [1.165, 1.54) is 25.1 Å². The van der Waals surface area contributed by atoms with E-state index in [9.17, 15) is 14.4 Å². The Morgan fingerprint density at radius 3 is 2.77 bits per heavy atom. The Morgan fingerprint density at radius 2 is 2.09 bits per heavy atom. The molecule has 1 aromatic carbocycles. The monoisotopic (exact) mass is 321 g/mol. The Balaban J connectivity index is 2.27. The highest BCUT2D eigenvalue weighted by molar-refractivity contribution is 7.71. The highest BCUT2D eigenvalue weighted by Crippen LogP contribution is 2.10. The summed E-state index contributed by atoms with van der Waals surface area (Å²) in [6.07, 6.45) is 0. The molecule has 22 heavy (non-hydrogen) atoms. The SMILES string of the molecule is CCOC(=O)C(C)NC(=O)c1ccc2c(=O)[nH]c(=S)[nH]c2c1. The molecule has 0 spiro atoms. The van der Waals surface area contributed by atoms with Crippen molar-refractivity contribution in [2.75, 3.05) is 6.61 Å². The van der Waals surface area contributed by atoms with Crippen LogP contribution in [-0.4, -0.2) is 34.5 Å². The maximum Gasteiger partial charge on any atom is 0.328 e. The van der Waals surface area contributed by atoms with Gasteiger partial charge < -0.3 is 15.0 Å². The highest BCUT2D eigenvalue weighted by Gasteiger charge is 2.17. The third-order valence-corrected chi connectivity index (χ3v) is 3.19. The summed E-state index contributed by atoms with van der Waals surface area (Å²) in [5, 5.41) is 2.93. The number of ether oxygens (including phenoxy) is 1. The predicted molar refractivity (Wildman–Crippen MR) is 83.3 cm³/mol. The number of aromatic amines is 2. The molecule has 7 nitrogen and oxygen atoms in total. The van der Waals surface area contributed by atoms with Gasteiger partial charge in [-0.1, -0.05) is 0 Å². The minimum absolute atomic E-state index is 0.176. The molecule has 0 aliphatic heterocycles. The lowest BCUT2D eigenvalue weighted by atomic mass is 10.1. The van der Waals surface area contributed by atoms with Crippen molar-refractivity contribution >= 4 is 35.0 Å². The normalized spacial score (nSPS) is 11.9. The summed E-state index contributed by atoms with van der Waals surface area (Å²) in [6.45, 7) is 3.47. The second kappa shape index (κ2) is 6.52. The first-order valence-corrected chi connectivity index (χ1v) is 7.07. The molecule has 8 heteroatoms. The summed E-state index contributed by atoms with van der Waals surface area (Å²) >= 11 is 4.90. The van der Waals surface area contributed by atoms with Gasteiger partial charge in [0.15, 0.2) is 4.77 Å². The first-order chi connectivity index (χ1) is 10.4. The molecule has 0 fully saturated rings. The quantitative estimate of drug-likeness (QED) is 0.581. The number of amides is 1. The number of carbonyl (C=O) groups excluding carboxylic acids is 2. The van der Waals surface area contributed by atoms with Gasteiger partial charge >= 0.3 is 5.97 Å². The van der Waals surface area contributed by atoms with E-state index in [1.54, 1.807) is 6.92 Å². The van der Waals surface area contributed by atoms with E-state index in [0.29, 0.717) is 16.5 Å². The fourth-order valence-corrected chi connectivity index (χ4v) is 2.12. The fraction of sp³-hybridized carbons (Fsp3) is 0.286. The number of H-pyrrole nitrogens is 2. The van der Waals surface area contributed by atoms with E-state index in [2.05, 4.69) is 15.3 Å². The van der Waals surface area contributed by atoms with E-state index in [-0.39, 0.29) is 16.9 Å². The van der Waals surface area contributed by atoms with Crippen molar-refractivity contribution in [1.29, 1.82) is 0 Å². The number of benzene rings is 1. The van der Waals surface area contributed by atoms with Crippen LogP contribution in [-0.2, 0) is 9.53 Å².